The number of benzene rings is 2. The van der Waals surface area contributed by atoms with Crippen LogP contribution in [0.25, 0.3) is 21.9 Å². The number of pyridine rings is 2. The van der Waals surface area contributed by atoms with Crippen molar-refractivity contribution in [3.63, 3.8) is 0 Å². The Kier molecular flexibility index (Phi) is 5.45. The average Bonchev–Trinajstić information content (AvgIpc) is 3.10. The molecule has 2 aromatic heterocycles. The molecule has 4 aromatic rings. The normalized spacial score (nSPS) is 16.1. The van der Waals surface area contributed by atoms with E-state index in [1.807, 2.05) is 69.3 Å². The van der Waals surface area contributed by atoms with Crippen LogP contribution in [-0.2, 0) is 21.5 Å². The van der Waals surface area contributed by atoms with E-state index in [9.17, 15) is 14.0 Å². The predicted molar refractivity (Wildman–Crippen MR) is 142 cm³/mol. The monoisotopic (exact) mass is 510 g/mol. The molecule has 2 amide bonds. The van der Waals surface area contributed by atoms with Crippen molar-refractivity contribution >= 4 is 28.5 Å². The third-order valence-electron chi connectivity index (χ3n) is 7.14. The van der Waals surface area contributed by atoms with E-state index < -0.39 is 23.1 Å². The predicted octanol–water partition coefficient (Wildman–Crippen LogP) is 5.47. The summed E-state index contributed by atoms with van der Waals surface area (Å²) < 4.78 is 19.2. The molecule has 4 heterocycles. The molecular formula is C30H27FN4O3. The van der Waals surface area contributed by atoms with Crippen LogP contribution in [0.2, 0.25) is 0 Å². The van der Waals surface area contributed by atoms with Gasteiger partial charge in [0.1, 0.15) is 11.0 Å². The number of para-hydroxylation sites is 1. The quantitative estimate of drug-likeness (QED) is 0.342. The van der Waals surface area contributed by atoms with E-state index >= 15 is 0 Å². The second-order valence-electron chi connectivity index (χ2n) is 10.9. The Morgan fingerprint density at radius 1 is 1.00 bits per heavy atom. The molecule has 0 saturated carbocycles. The van der Waals surface area contributed by atoms with Gasteiger partial charge in [0.2, 0.25) is 11.9 Å². The Labute approximate surface area is 219 Å². The molecule has 2 aliphatic heterocycles. The fourth-order valence-corrected chi connectivity index (χ4v) is 5.44. The Hall–Kier alpha value is -4.33. The highest BCUT2D eigenvalue weighted by Gasteiger charge is 2.59. The molecule has 0 aliphatic carbocycles. The highest BCUT2D eigenvalue weighted by atomic mass is 19.1. The first-order valence-corrected chi connectivity index (χ1v) is 12.5. The van der Waals surface area contributed by atoms with E-state index in [1.165, 1.54) is 12.3 Å². The van der Waals surface area contributed by atoms with E-state index in [0.29, 0.717) is 5.69 Å². The largest absolute Gasteiger partial charge is 0.444 e. The van der Waals surface area contributed by atoms with Crippen molar-refractivity contribution in [3.8, 4) is 11.1 Å². The second kappa shape index (κ2) is 8.62. The first kappa shape index (κ1) is 24.0. The third-order valence-corrected chi connectivity index (χ3v) is 7.14. The topological polar surface area (TPSA) is 75.6 Å². The lowest BCUT2D eigenvalue weighted by Crippen LogP contribution is -2.65. The standard InChI is InChI=1S/C30H27FN4O3/c1-29(2,3)38-28(37)34-17-30(18-34)22-10-6-7-11-24(22)35(27(30)36)16-23-26(20-12-13-25(31)33-15-20)21-9-5-4-8-19(21)14-32-23/h4-15H,16-18H2,1-3H3. The maximum Gasteiger partial charge on any atom is 0.410 e. The van der Waals surface area contributed by atoms with Gasteiger partial charge in [-0.05, 0) is 49.9 Å². The summed E-state index contributed by atoms with van der Waals surface area (Å²) in [6.45, 7) is 6.21. The number of ether oxygens (including phenoxy) is 1. The highest BCUT2D eigenvalue weighted by molar-refractivity contribution is 6.10. The molecule has 192 valence electrons. The van der Waals surface area contributed by atoms with Crippen LogP contribution in [0, 0.1) is 5.95 Å². The summed E-state index contributed by atoms with van der Waals surface area (Å²) in [5.41, 5.74) is 2.49. The molecule has 7 nitrogen and oxygen atoms in total. The Morgan fingerprint density at radius 2 is 1.74 bits per heavy atom. The summed E-state index contributed by atoms with van der Waals surface area (Å²) in [6, 6.07) is 18.6. The molecule has 0 radical (unpaired) electrons. The molecule has 1 fully saturated rings. The zero-order chi connectivity index (χ0) is 26.7. The minimum atomic E-state index is -0.818. The summed E-state index contributed by atoms with van der Waals surface area (Å²) >= 11 is 0. The van der Waals surface area contributed by atoms with Crippen molar-refractivity contribution in [2.45, 2.75) is 38.3 Å². The molecule has 1 spiro atoms. The third kappa shape index (κ3) is 3.88. The summed E-state index contributed by atoms with van der Waals surface area (Å²) in [5.74, 6) is -0.634. The van der Waals surface area contributed by atoms with Crippen LogP contribution in [0.15, 0.2) is 73.1 Å². The number of rotatable bonds is 3. The van der Waals surface area contributed by atoms with E-state index in [1.54, 1.807) is 22.1 Å². The molecule has 0 unspecified atom stereocenters. The van der Waals surface area contributed by atoms with Crippen molar-refractivity contribution in [2.75, 3.05) is 18.0 Å². The number of hydrogen-bond acceptors (Lipinski definition) is 5. The molecule has 2 aromatic carbocycles. The van der Waals surface area contributed by atoms with Crippen LogP contribution in [0.4, 0.5) is 14.9 Å². The number of carbonyl (C=O) groups is 2. The van der Waals surface area contributed by atoms with Crippen molar-refractivity contribution in [1.82, 2.24) is 14.9 Å². The maximum absolute atomic E-state index is 14.0. The van der Waals surface area contributed by atoms with Gasteiger partial charge >= 0.3 is 6.09 Å². The van der Waals surface area contributed by atoms with Gasteiger partial charge in [-0.25, -0.2) is 9.78 Å². The zero-order valence-corrected chi connectivity index (χ0v) is 21.4. The van der Waals surface area contributed by atoms with Gasteiger partial charge in [-0.2, -0.15) is 4.39 Å². The molecule has 0 atom stereocenters. The van der Waals surface area contributed by atoms with Crippen molar-refractivity contribution < 1.29 is 18.7 Å². The van der Waals surface area contributed by atoms with Crippen LogP contribution in [0.5, 0.6) is 0 Å². The summed E-state index contributed by atoms with van der Waals surface area (Å²) in [5, 5.41) is 1.88. The van der Waals surface area contributed by atoms with E-state index in [2.05, 4.69) is 4.98 Å². The lowest BCUT2D eigenvalue weighted by Gasteiger charge is -2.46. The minimum absolute atomic E-state index is 0.0725. The van der Waals surface area contributed by atoms with Gasteiger partial charge in [-0.3, -0.25) is 9.78 Å². The van der Waals surface area contributed by atoms with Gasteiger partial charge in [-0.15, -0.1) is 0 Å². The molecular weight excluding hydrogens is 483 g/mol. The van der Waals surface area contributed by atoms with E-state index in [4.69, 9.17) is 9.72 Å². The van der Waals surface area contributed by atoms with Crippen molar-refractivity contribution in [3.05, 3.63) is 90.3 Å². The number of amides is 2. The fraction of sp³-hybridized carbons (Fsp3) is 0.267. The smallest absolute Gasteiger partial charge is 0.410 e. The van der Waals surface area contributed by atoms with Gasteiger partial charge in [0.15, 0.2) is 0 Å². The summed E-state index contributed by atoms with van der Waals surface area (Å²) in [4.78, 5) is 38.6. The second-order valence-corrected chi connectivity index (χ2v) is 10.9. The van der Waals surface area contributed by atoms with Crippen LogP contribution in [-0.4, -0.2) is 45.6 Å². The zero-order valence-electron chi connectivity index (χ0n) is 21.4. The number of nitrogens with zero attached hydrogens (tertiary/aromatic N) is 4. The van der Waals surface area contributed by atoms with Gasteiger partial charge in [-0.1, -0.05) is 42.5 Å². The van der Waals surface area contributed by atoms with E-state index in [-0.39, 0.29) is 25.5 Å². The summed E-state index contributed by atoms with van der Waals surface area (Å²) in [6.07, 6.45) is 2.86. The lowest BCUT2D eigenvalue weighted by atomic mass is 9.75. The van der Waals surface area contributed by atoms with Crippen LogP contribution in [0.1, 0.15) is 32.0 Å². The average molecular weight is 511 g/mol. The van der Waals surface area contributed by atoms with Gasteiger partial charge < -0.3 is 14.5 Å². The Morgan fingerprint density at radius 3 is 2.47 bits per heavy atom. The molecule has 38 heavy (non-hydrogen) atoms. The number of halogens is 1. The molecule has 1 saturated heterocycles. The Balaban J connectivity index is 1.38. The van der Waals surface area contributed by atoms with Gasteiger partial charge in [0.05, 0.1) is 12.2 Å². The first-order valence-electron chi connectivity index (χ1n) is 12.5. The SMILES string of the molecule is CC(C)(C)OC(=O)N1CC2(C1)C(=O)N(Cc1ncc3ccccc3c1-c1ccc(F)nc1)c1ccccc12. The number of fused-ring (bicyclic) bond motifs is 3. The number of hydrogen-bond donors (Lipinski definition) is 0. The number of anilines is 1. The van der Waals surface area contributed by atoms with Crippen LogP contribution in [0.3, 0.4) is 0 Å². The molecule has 8 heteroatoms. The molecule has 0 bridgehead atoms. The molecule has 6 rings (SSSR count). The minimum Gasteiger partial charge on any atom is -0.444 e. The summed E-state index contributed by atoms with van der Waals surface area (Å²) in [7, 11) is 0. The van der Waals surface area contributed by atoms with Crippen molar-refractivity contribution in [1.29, 1.82) is 0 Å². The van der Waals surface area contributed by atoms with E-state index in [0.717, 1.165) is 33.2 Å². The lowest BCUT2D eigenvalue weighted by molar-refractivity contribution is -0.129. The van der Waals surface area contributed by atoms with Crippen LogP contribution >= 0.6 is 0 Å². The number of aromatic nitrogens is 2. The number of carbonyl (C=O) groups excluding carboxylic acids is 2. The first-order chi connectivity index (χ1) is 18.2. The fourth-order valence-electron chi connectivity index (χ4n) is 5.44. The van der Waals surface area contributed by atoms with Crippen molar-refractivity contribution in [2.24, 2.45) is 0 Å². The highest BCUT2D eigenvalue weighted by Crippen LogP contribution is 2.48. The van der Waals surface area contributed by atoms with Gasteiger partial charge in [0, 0.05) is 47.7 Å². The van der Waals surface area contributed by atoms with Crippen LogP contribution < -0.4 is 4.90 Å². The number of likely N-dealkylation sites (tertiary alicyclic amines) is 1. The molecule has 2 aliphatic rings. The Bertz CT molecular complexity index is 1570. The maximum atomic E-state index is 14.0. The molecule has 0 N–H and O–H groups in total. The van der Waals surface area contributed by atoms with Gasteiger partial charge in [0.25, 0.3) is 0 Å².